The number of aliphatic carboxylic acids is 1. The number of piperidine rings is 1. The van der Waals surface area contributed by atoms with Gasteiger partial charge in [-0.15, -0.1) is 0 Å². The van der Waals surface area contributed by atoms with Gasteiger partial charge in [-0.05, 0) is 87.3 Å². The summed E-state index contributed by atoms with van der Waals surface area (Å²) in [6.45, 7) is 5.17. The van der Waals surface area contributed by atoms with E-state index in [9.17, 15) is 27.2 Å². The summed E-state index contributed by atoms with van der Waals surface area (Å²) in [4.78, 5) is 37.6. The molecule has 12 heteroatoms. The predicted octanol–water partition coefficient (Wildman–Crippen LogP) is 4.92. The smallest absolute Gasteiger partial charge is 0.490 e. The molecule has 38 heavy (non-hydrogen) atoms. The molecule has 2 N–H and O–H groups in total. The monoisotopic (exact) mass is 541 g/mol. The highest BCUT2D eigenvalue weighted by atomic mass is 19.4. The Kier molecular flexibility index (Phi) is 11.5. The first-order valence-corrected chi connectivity index (χ1v) is 11.9. The summed E-state index contributed by atoms with van der Waals surface area (Å²) < 4.78 is 50.2. The molecular weight excluding hydrogens is 510 g/mol. The Morgan fingerprint density at radius 2 is 1.61 bits per heavy atom. The van der Waals surface area contributed by atoms with E-state index in [0.29, 0.717) is 31.2 Å². The molecule has 2 aromatic carbocycles. The van der Waals surface area contributed by atoms with Crippen LogP contribution >= 0.6 is 0 Å². The number of carboxylic acids is 1. The highest BCUT2D eigenvalue weighted by molar-refractivity contribution is 5.97. The molecule has 2 amide bonds. The Morgan fingerprint density at radius 1 is 1.05 bits per heavy atom. The zero-order valence-electron chi connectivity index (χ0n) is 21.1. The fourth-order valence-electron chi connectivity index (χ4n) is 3.75. The highest BCUT2D eigenvalue weighted by Crippen LogP contribution is 2.20. The number of Topliss-reactive ketones (excluding diaryl/α,β-unsaturated/α-hetero) is 1. The van der Waals surface area contributed by atoms with Crippen molar-refractivity contribution in [2.45, 2.75) is 25.9 Å². The Labute approximate surface area is 218 Å². The van der Waals surface area contributed by atoms with Crippen LogP contribution in [0.4, 0.5) is 28.0 Å². The van der Waals surface area contributed by atoms with Gasteiger partial charge < -0.3 is 20.1 Å². The van der Waals surface area contributed by atoms with Gasteiger partial charge >= 0.3 is 18.2 Å². The molecule has 208 valence electrons. The van der Waals surface area contributed by atoms with Gasteiger partial charge in [0.1, 0.15) is 11.6 Å². The highest BCUT2D eigenvalue weighted by Gasteiger charge is 2.38. The number of alkyl halides is 3. The number of carboxylic acid groups (broad SMARTS) is 1. The van der Waals surface area contributed by atoms with Crippen LogP contribution in [-0.4, -0.2) is 78.7 Å². The van der Waals surface area contributed by atoms with Gasteiger partial charge in [0.25, 0.3) is 0 Å². The average molecular weight is 542 g/mol. The number of ketones is 1. The Hall–Kier alpha value is -3.67. The van der Waals surface area contributed by atoms with Gasteiger partial charge in [0.05, 0.1) is 13.2 Å². The number of ether oxygens (including phenoxy) is 1. The lowest BCUT2D eigenvalue weighted by Gasteiger charge is -2.33. The largest absolute Gasteiger partial charge is 0.494 e. The van der Waals surface area contributed by atoms with Gasteiger partial charge in [0.15, 0.2) is 5.78 Å². The van der Waals surface area contributed by atoms with Gasteiger partial charge in [0, 0.05) is 24.8 Å². The standard InChI is InChI=1S/C24H30FN3O3.C2HF3O2/c1-3-31-22-10-8-21(9-11-22)26-24(30)27(2)16-18-12-14-28(15-13-18)17-23(29)19-4-6-20(25)7-5-19;3-2(4,5)1(6)7/h4-11,18H,3,12-17H2,1-2H3,(H,26,30);(H,6,7). The maximum Gasteiger partial charge on any atom is 0.490 e. The van der Waals surface area contributed by atoms with Crippen molar-refractivity contribution in [2.75, 3.05) is 45.2 Å². The van der Waals surface area contributed by atoms with Gasteiger partial charge in [-0.1, -0.05) is 0 Å². The van der Waals surface area contributed by atoms with Crippen molar-refractivity contribution in [3.8, 4) is 5.75 Å². The van der Waals surface area contributed by atoms with Crippen molar-refractivity contribution in [3.05, 3.63) is 59.9 Å². The van der Waals surface area contributed by atoms with Crippen LogP contribution in [0.1, 0.15) is 30.1 Å². The number of hydrogen-bond donors (Lipinski definition) is 2. The number of likely N-dealkylation sites (tertiary alicyclic amines) is 1. The molecule has 1 saturated heterocycles. The van der Waals surface area contributed by atoms with Crippen molar-refractivity contribution >= 4 is 23.5 Å². The number of hydrogen-bond acceptors (Lipinski definition) is 5. The average Bonchev–Trinajstić information content (AvgIpc) is 2.86. The molecule has 1 aliphatic rings. The van der Waals surface area contributed by atoms with E-state index >= 15 is 0 Å². The van der Waals surface area contributed by atoms with E-state index in [-0.39, 0.29) is 17.6 Å². The first-order valence-electron chi connectivity index (χ1n) is 11.9. The molecule has 1 fully saturated rings. The quantitative estimate of drug-likeness (QED) is 0.364. The molecule has 1 aliphatic heterocycles. The minimum Gasteiger partial charge on any atom is -0.494 e. The van der Waals surface area contributed by atoms with Gasteiger partial charge in [-0.3, -0.25) is 9.69 Å². The van der Waals surface area contributed by atoms with Crippen LogP contribution in [0.15, 0.2) is 48.5 Å². The lowest BCUT2D eigenvalue weighted by molar-refractivity contribution is -0.192. The molecule has 0 unspecified atom stereocenters. The third-order valence-electron chi connectivity index (χ3n) is 5.78. The van der Waals surface area contributed by atoms with Crippen LogP contribution in [0.25, 0.3) is 0 Å². The van der Waals surface area contributed by atoms with E-state index in [4.69, 9.17) is 14.6 Å². The minimum absolute atomic E-state index is 0.00491. The minimum atomic E-state index is -5.08. The Balaban J connectivity index is 0.000000638. The van der Waals surface area contributed by atoms with E-state index in [0.717, 1.165) is 37.4 Å². The molecule has 0 aliphatic carbocycles. The van der Waals surface area contributed by atoms with E-state index in [2.05, 4.69) is 10.2 Å². The Bertz CT molecular complexity index is 1050. The molecule has 0 spiro atoms. The van der Waals surface area contributed by atoms with Crippen LogP contribution in [0.5, 0.6) is 5.75 Å². The number of anilines is 1. The summed E-state index contributed by atoms with van der Waals surface area (Å²) in [5.41, 5.74) is 1.27. The number of benzene rings is 2. The van der Waals surface area contributed by atoms with Crippen LogP contribution in [0.3, 0.4) is 0 Å². The van der Waals surface area contributed by atoms with Crippen LogP contribution in [0, 0.1) is 11.7 Å². The molecule has 0 aromatic heterocycles. The van der Waals surface area contributed by atoms with Gasteiger partial charge in [-0.2, -0.15) is 13.2 Å². The number of carbonyl (C=O) groups excluding carboxylic acids is 2. The Morgan fingerprint density at radius 3 is 2.11 bits per heavy atom. The van der Waals surface area contributed by atoms with Gasteiger partial charge in [0.2, 0.25) is 0 Å². The number of urea groups is 1. The molecular formula is C26H31F4N3O5. The number of amides is 2. The van der Waals surface area contributed by atoms with E-state index in [1.807, 2.05) is 31.2 Å². The molecule has 0 atom stereocenters. The van der Waals surface area contributed by atoms with E-state index in [1.165, 1.54) is 24.3 Å². The van der Waals surface area contributed by atoms with Crippen molar-refractivity contribution in [2.24, 2.45) is 5.92 Å². The maximum absolute atomic E-state index is 13.0. The maximum atomic E-state index is 13.0. The number of nitrogens with zero attached hydrogens (tertiary/aromatic N) is 2. The molecule has 2 aromatic rings. The predicted molar refractivity (Wildman–Crippen MR) is 133 cm³/mol. The fourth-order valence-corrected chi connectivity index (χ4v) is 3.75. The molecule has 8 nitrogen and oxygen atoms in total. The van der Waals surface area contributed by atoms with Crippen LogP contribution in [-0.2, 0) is 4.79 Å². The second-order valence-electron chi connectivity index (χ2n) is 8.72. The van der Waals surface area contributed by atoms with E-state index < -0.39 is 12.1 Å². The summed E-state index contributed by atoms with van der Waals surface area (Å²) in [5, 5.41) is 10.0. The number of halogens is 4. The number of rotatable bonds is 8. The van der Waals surface area contributed by atoms with Crippen molar-refractivity contribution in [1.29, 1.82) is 0 Å². The molecule has 1 heterocycles. The lowest BCUT2D eigenvalue weighted by atomic mass is 9.96. The van der Waals surface area contributed by atoms with Crippen molar-refractivity contribution < 1.29 is 41.8 Å². The molecule has 3 rings (SSSR count). The van der Waals surface area contributed by atoms with E-state index in [1.54, 1.807) is 11.9 Å². The number of carbonyl (C=O) groups is 3. The second-order valence-corrected chi connectivity index (χ2v) is 8.72. The lowest BCUT2D eigenvalue weighted by Crippen LogP contribution is -2.42. The summed E-state index contributed by atoms with van der Waals surface area (Å²) in [5.74, 6) is -1.92. The van der Waals surface area contributed by atoms with Crippen LogP contribution in [0.2, 0.25) is 0 Å². The van der Waals surface area contributed by atoms with Crippen molar-refractivity contribution in [1.82, 2.24) is 9.80 Å². The fraction of sp³-hybridized carbons (Fsp3) is 0.423. The zero-order valence-corrected chi connectivity index (χ0v) is 21.1. The third kappa shape index (κ3) is 10.4. The number of nitrogens with one attached hydrogen (secondary N) is 1. The third-order valence-corrected chi connectivity index (χ3v) is 5.78. The molecule has 0 bridgehead atoms. The summed E-state index contributed by atoms with van der Waals surface area (Å²) >= 11 is 0. The molecule has 0 radical (unpaired) electrons. The van der Waals surface area contributed by atoms with Crippen molar-refractivity contribution in [3.63, 3.8) is 0 Å². The first kappa shape index (κ1) is 30.6. The summed E-state index contributed by atoms with van der Waals surface area (Å²) in [7, 11) is 1.80. The molecule has 0 saturated carbocycles. The normalized spacial score (nSPS) is 14.2. The first-order chi connectivity index (χ1) is 17.9. The SMILES string of the molecule is CCOc1ccc(NC(=O)N(C)CC2CCN(CC(=O)c3ccc(F)cc3)CC2)cc1.O=C(O)C(F)(F)F. The van der Waals surface area contributed by atoms with Crippen LogP contribution < -0.4 is 10.1 Å². The summed E-state index contributed by atoms with van der Waals surface area (Å²) in [6.07, 6.45) is -3.23. The van der Waals surface area contributed by atoms with Gasteiger partial charge in [-0.25, -0.2) is 14.0 Å². The summed E-state index contributed by atoms with van der Waals surface area (Å²) in [6, 6.07) is 12.9. The second kappa shape index (κ2) is 14.3. The zero-order chi connectivity index (χ0) is 28.3. The topological polar surface area (TPSA) is 99.2 Å².